The van der Waals surface area contributed by atoms with Crippen LogP contribution < -0.4 is 5.32 Å². The summed E-state index contributed by atoms with van der Waals surface area (Å²) < 4.78 is 0. The predicted octanol–water partition coefficient (Wildman–Crippen LogP) is 1.40. The van der Waals surface area contributed by atoms with Crippen molar-refractivity contribution in [3.8, 4) is 0 Å². The minimum absolute atomic E-state index is 0.681. The van der Waals surface area contributed by atoms with Gasteiger partial charge in [-0.1, -0.05) is 6.42 Å². The lowest BCUT2D eigenvalue weighted by Crippen LogP contribution is -2.39. The van der Waals surface area contributed by atoms with Gasteiger partial charge in [0.1, 0.15) is 0 Å². The second kappa shape index (κ2) is 6.17. The van der Waals surface area contributed by atoms with Gasteiger partial charge < -0.3 is 15.1 Å². The fourth-order valence-corrected chi connectivity index (χ4v) is 3.34. The molecule has 1 N–H and O–H groups in total. The highest BCUT2D eigenvalue weighted by Crippen LogP contribution is 2.31. The molecule has 2 saturated heterocycles. The molecule has 3 heteroatoms. The Bertz CT molecular complexity index is 216. The van der Waals surface area contributed by atoms with Crippen LogP contribution in [0.25, 0.3) is 0 Å². The summed E-state index contributed by atoms with van der Waals surface area (Å²) in [5.41, 5.74) is 0. The highest BCUT2D eigenvalue weighted by Gasteiger charge is 2.35. The Labute approximate surface area is 107 Å². The maximum Gasteiger partial charge on any atom is 0.0101 e. The minimum Gasteiger partial charge on any atom is -0.313 e. The van der Waals surface area contributed by atoms with Crippen LogP contribution >= 0.6 is 0 Å². The Kier molecular flexibility index (Phi) is 4.83. The zero-order valence-corrected chi connectivity index (χ0v) is 11.8. The number of nitrogens with one attached hydrogen (secondary N) is 1. The molecule has 2 rings (SSSR count). The third-order valence-electron chi connectivity index (χ3n) is 4.53. The maximum atomic E-state index is 3.70. The van der Waals surface area contributed by atoms with Crippen LogP contribution in [0.3, 0.4) is 0 Å². The quantitative estimate of drug-likeness (QED) is 0.782. The van der Waals surface area contributed by atoms with Crippen molar-refractivity contribution in [3.05, 3.63) is 0 Å². The van der Waals surface area contributed by atoms with E-state index in [1.165, 1.54) is 38.8 Å². The van der Waals surface area contributed by atoms with Crippen LogP contribution in [0.5, 0.6) is 0 Å². The van der Waals surface area contributed by atoms with Gasteiger partial charge in [0, 0.05) is 31.7 Å². The molecule has 2 aliphatic heterocycles. The zero-order chi connectivity index (χ0) is 12.3. The van der Waals surface area contributed by atoms with Crippen LogP contribution in [0.15, 0.2) is 0 Å². The van der Waals surface area contributed by atoms with Crippen molar-refractivity contribution in [2.75, 3.05) is 40.3 Å². The third-order valence-corrected chi connectivity index (χ3v) is 4.53. The smallest absolute Gasteiger partial charge is 0.0101 e. The van der Waals surface area contributed by atoms with Gasteiger partial charge in [0.15, 0.2) is 0 Å². The van der Waals surface area contributed by atoms with Gasteiger partial charge in [-0.05, 0) is 52.7 Å². The Hall–Kier alpha value is -0.120. The number of likely N-dealkylation sites (N-methyl/N-ethyl adjacent to an activating group) is 1. The lowest BCUT2D eigenvalue weighted by Gasteiger charge is -2.28. The number of nitrogens with zero attached hydrogens (tertiary/aromatic N) is 2. The first-order chi connectivity index (χ1) is 8.16. The monoisotopic (exact) mass is 239 g/mol. The van der Waals surface area contributed by atoms with Gasteiger partial charge in [-0.15, -0.1) is 0 Å². The van der Waals surface area contributed by atoms with E-state index in [1.54, 1.807) is 0 Å². The summed E-state index contributed by atoms with van der Waals surface area (Å²) in [6, 6.07) is 1.59. The highest BCUT2D eigenvalue weighted by atomic mass is 15.2. The third kappa shape index (κ3) is 3.67. The average Bonchev–Trinajstić information content (AvgIpc) is 2.71. The van der Waals surface area contributed by atoms with E-state index in [4.69, 9.17) is 0 Å². The molecule has 3 nitrogen and oxygen atoms in total. The SMILES string of the molecule is C[C@@H](NCCN(C)C)[C@@H]1C[C@@H]2CCCCN2C1. The molecule has 0 saturated carbocycles. The molecular weight excluding hydrogens is 210 g/mol. The molecule has 0 spiro atoms. The number of rotatable bonds is 5. The van der Waals surface area contributed by atoms with Crippen LogP contribution in [0.1, 0.15) is 32.6 Å². The molecule has 2 fully saturated rings. The highest BCUT2D eigenvalue weighted by molar-refractivity contribution is 4.91. The average molecular weight is 239 g/mol. The number of fused-ring (bicyclic) bond motifs is 1. The van der Waals surface area contributed by atoms with E-state index in [0.717, 1.165) is 25.0 Å². The van der Waals surface area contributed by atoms with E-state index in [-0.39, 0.29) is 0 Å². The van der Waals surface area contributed by atoms with Crippen molar-refractivity contribution in [3.63, 3.8) is 0 Å². The van der Waals surface area contributed by atoms with Gasteiger partial charge in [-0.2, -0.15) is 0 Å². The molecule has 0 radical (unpaired) electrons. The molecule has 0 bridgehead atoms. The fraction of sp³-hybridized carbons (Fsp3) is 1.00. The molecule has 2 heterocycles. The van der Waals surface area contributed by atoms with E-state index in [9.17, 15) is 0 Å². The first kappa shape index (κ1) is 13.3. The number of hydrogen-bond donors (Lipinski definition) is 1. The second-order valence-electron chi connectivity index (χ2n) is 6.19. The van der Waals surface area contributed by atoms with Crippen LogP contribution in [0, 0.1) is 5.92 Å². The Balaban J connectivity index is 1.71. The Morgan fingerprint density at radius 2 is 2.18 bits per heavy atom. The zero-order valence-electron chi connectivity index (χ0n) is 11.8. The number of piperidine rings is 1. The standard InChI is InChI=1S/C14H29N3/c1-12(15-7-9-16(2)3)13-10-14-6-4-5-8-17(14)11-13/h12-15H,4-11H2,1-3H3/t12-,13-,14+/m1/s1. The first-order valence-electron chi connectivity index (χ1n) is 7.29. The number of hydrogen-bond acceptors (Lipinski definition) is 3. The normalized spacial score (nSPS) is 31.8. The van der Waals surface area contributed by atoms with Crippen molar-refractivity contribution in [1.29, 1.82) is 0 Å². The molecule has 0 amide bonds. The van der Waals surface area contributed by atoms with E-state index >= 15 is 0 Å². The van der Waals surface area contributed by atoms with E-state index in [2.05, 4.69) is 36.1 Å². The summed E-state index contributed by atoms with van der Waals surface area (Å²) >= 11 is 0. The molecular formula is C14H29N3. The van der Waals surface area contributed by atoms with Crippen molar-refractivity contribution in [1.82, 2.24) is 15.1 Å². The molecule has 0 aromatic carbocycles. The van der Waals surface area contributed by atoms with Crippen molar-refractivity contribution in [2.45, 2.75) is 44.7 Å². The molecule has 2 aliphatic rings. The van der Waals surface area contributed by atoms with E-state index < -0.39 is 0 Å². The van der Waals surface area contributed by atoms with Crippen molar-refractivity contribution >= 4 is 0 Å². The predicted molar refractivity (Wildman–Crippen MR) is 73.3 cm³/mol. The van der Waals surface area contributed by atoms with Crippen LogP contribution in [0.4, 0.5) is 0 Å². The lowest BCUT2D eigenvalue weighted by atomic mass is 9.95. The van der Waals surface area contributed by atoms with Crippen LogP contribution in [-0.4, -0.2) is 62.2 Å². The molecule has 0 aromatic rings. The lowest BCUT2D eigenvalue weighted by molar-refractivity contribution is 0.195. The molecule has 17 heavy (non-hydrogen) atoms. The van der Waals surface area contributed by atoms with Gasteiger partial charge in [0.2, 0.25) is 0 Å². The first-order valence-corrected chi connectivity index (χ1v) is 7.29. The molecule has 100 valence electrons. The molecule has 0 aliphatic carbocycles. The maximum absolute atomic E-state index is 3.70. The van der Waals surface area contributed by atoms with Gasteiger partial charge in [0.25, 0.3) is 0 Å². The Morgan fingerprint density at radius 1 is 1.35 bits per heavy atom. The second-order valence-corrected chi connectivity index (χ2v) is 6.19. The summed E-state index contributed by atoms with van der Waals surface area (Å²) in [7, 11) is 4.28. The van der Waals surface area contributed by atoms with E-state index in [0.29, 0.717) is 6.04 Å². The van der Waals surface area contributed by atoms with Gasteiger partial charge in [0.05, 0.1) is 0 Å². The van der Waals surface area contributed by atoms with E-state index in [1.807, 2.05) is 0 Å². The van der Waals surface area contributed by atoms with Crippen LogP contribution in [-0.2, 0) is 0 Å². The summed E-state index contributed by atoms with van der Waals surface area (Å²) in [5, 5.41) is 3.70. The van der Waals surface area contributed by atoms with Crippen LogP contribution in [0.2, 0.25) is 0 Å². The summed E-state index contributed by atoms with van der Waals surface area (Å²) in [6.45, 7) is 7.32. The van der Waals surface area contributed by atoms with Gasteiger partial charge in [-0.25, -0.2) is 0 Å². The largest absolute Gasteiger partial charge is 0.313 e. The summed E-state index contributed by atoms with van der Waals surface area (Å²) in [4.78, 5) is 4.98. The van der Waals surface area contributed by atoms with Crippen molar-refractivity contribution < 1.29 is 0 Å². The molecule has 3 atom stereocenters. The Morgan fingerprint density at radius 3 is 2.88 bits per heavy atom. The fourth-order valence-electron chi connectivity index (χ4n) is 3.34. The van der Waals surface area contributed by atoms with Gasteiger partial charge in [-0.3, -0.25) is 0 Å². The molecule has 0 unspecified atom stereocenters. The summed E-state index contributed by atoms with van der Waals surface area (Å²) in [5.74, 6) is 0.875. The van der Waals surface area contributed by atoms with Gasteiger partial charge >= 0.3 is 0 Å². The summed E-state index contributed by atoms with van der Waals surface area (Å²) in [6.07, 6.45) is 5.75. The minimum atomic E-state index is 0.681. The molecule has 0 aromatic heterocycles. The topological polar surface area (TPSA) is 18.5 Å². The van der Waals surface area contributed by atoms with Crippen molar-refractivity contribution in [2.24, 2.45) is 5.92 Å².